The maximum atomic E-state index is 10.3. The average molecular weight is 262 g/mol. The third-order valence-corrected chi connectivity index (χ3v) is 1.30. The van der Waals surface area contributed by atoms with Gasteiger partial charge < -0.3 is 24.8 Å². The van der Waals surface area contributed by atoms with Crippen molar-refractivity contribution in [3.05, 3.63) is 25.3 Å². The lowest BCUT2D eigenvalue weighted by atomic mass is 10.4. The number of esters is 2. The molecule has 104 valence electrons. The highest BCUT2D eigenvalue weighted by Crippen LogP contribution is 1.84. The fraction of sp³-hybridized carbons (Fsp3) is 0.455. The van der Waals surface area contributed by atoms with Crippen LogP contribution < -0.4 is 0 Å². The molecular formula is C11H18O7. The molecule has 0 aliphatic heterocycles. The van der Waals surface area contributed by atoms with Crippen LogP contribution in [0.3, 0.4) is 0 Å². The topological polar surface area (TPSA) is 113 Å². The number of hydrogen-bond donors (Lipinski definition) is 3. The maximum Gasteiger partial charge on any atom is 0.330 e. The highest BCUT2D eigenvalue weighted by Gasteiger charge is 2.03. The van der Waals surface area contributed by atoms with Crippen molar-refractivity contribution in [3.63, 3.8) is 0 Å². The van der Waals surface area contributed by atoms with Gasteiger partial charge >= 0.3 is 11.9 Å². The molecule has 0 heterocycles. The molecule has 0 aromatic carbocycles. The molecule has 0 bridgehead atoms. The summed E-state index contributed by atoms with van der Waals surface area (Å²) in [6, 6.07) is 0. The molecule has 0 fully saturated rings. The number of rotatable bonds is 7. The number of hydrogen-bond acceptors (Lipinski definition) is 7. The summed E-state index contributed by atoms with van der Waals surface area (Å²) in [7, 11) is 0. The Bertz CT molecular complexity index is 262. The molecule has 7 nitrogen and oxygen atoms in total. The summed E-state index contributed by atoms with van der Waals surface area (Å²) in [4.78, 5) is 20.4. The van der Waals surface area contributed by atoms with Crippen LogP contribution in [0, 0.1) is 0 Å². The van der Waals surface area contributed by atoms with Gasteiger partial charge in [0.05, 0.1) is 13.2 Å². The van der Waals surface area contributed by atoms with Crippen molar-refractivity contribution in [3.8, 4) is 0 Å². The van der Waals surface area contributed by atoms with Crippen LogP contribution in [-0.2, 0) is 19.1 Å². The van der Waals surface area contributed by atoms with Gasteiger partial charge in [-0.1, -0.05) is 13.2 Å². The van der Waals surface area contributed by atoms with Crippen molar-refractivity contribution < 1.29 is 34.4 Å². The van der Waals surface area contributed by atoms with Gasteiger partial charge in [0.1, 0.15) is 19.3 Å². The van der Waals surface area contributed by atoms with Crippen molar-refractivity contribution in [2.45, 2.75) is 6.10 Å². The molecule has 0 rings (SSSR count). The van der Waals surface area contributed by atoms with Crippen molar-refractivity contribution >= 4 is 11.9 Å². The van der Waals surface area contributed by atoms with E-state index in [1.807, 2.05) is 0 Å². The number of carbonyl (C=O) groups excluding carboxylic acids is 2. The van der Waals surface area contributed by atoms with Gasteiger partial charge in [0.2, 0.25) is 0 Å². The minimum Gasteiger partial charge on any atom is -0.460 e. The minimum atomic E-state index is -0.996. The molecule has 0 aliphatic rings. The standard InChI is InChI=1S/C6H10O4.C5H8O3/c1-2-6(9)10-4-5(8)3-7;1-2-5(7)8-4-3-6/h2,5,7-8H,1,3-4H2;2,6H,1,3-4H2. The van der Waals surface area contributed by atoms with Gasteiger partial charge in [-0.05, 0) is 0 Å². The van der Waals surface area contributed by atoms with E-state index >= 15 is 0 Å². The molecule has 0 radical (unpaired) electrons. The lowest BCUT2D eigenvalue weighted by Gasteiger charge is -2.05. The monoisotopic (exact) mass is 262 g/mol. The Balaban J connectivity index is 0. The van der Waals surface area contributed by atoms with Crippen molar-refractivity contribution in [2.75, 3.05) is 26.4 Å². The van der Waals surface area contributed by atoms with E-state index in [4.69, 9.17) is 15.3 Å². The summed E-state index contributed by atoms with van der Waals surface area (Å²) in [6.45, 7) is 5.60. The Morgan fingerprint density at radius 1 is 1.11 bits per heavy atom. The van der Waals surface area contributed by atoms with Gasteiger partial charge in [-0.3, -0.25) is 0 Å². The second kappa shape index (κ2) is 13.4. The molecule has 0 amide bonds. The summed E-state index contributed by atoms with van der Waals surface area (Å²) in [5.74, 6) is -1.11. The highest BCUT2D eigenvalue weighted by atomic mass is 16.5. The first-order valence-electron chi connectivity index (χ1n) is 4.99. The van der Waals surface area contributed by atoms with Crippen LogP contribution in [0.15, 0.2) is 25.3 Å². The zero-order chi connectivity index (χ0) is 14.4. The lowest BCUT2D eigenvalue weighted by Crippen LogP contribution is -2.21. The maximum absolute atomic E-state index is 10.3. The zero-order valence-electron chi connectivity index (χ0n) is 9.95. The highest BCUT2D eigenvalue weighted by molar-refractivity contribution is 5.81. The molecule has 18 heavy (non-hydrogen) atoms. The number of aliphatic hydroxyl groups is 3. The fourth-order valence-corrected chi connectivity index (χ4v) is 0.495. The summed E-state index contributed by atoms with van der Waals surface area (Å²) in [5, 5.41) is 25.0. The van der Waals surface area contributed by atoms with E-state index in [2.05, 4.69) is 22.6 Å². The first kappa shape index (κ1) is 18.7. The second-order valence-electron chi connectivity index (χ2n) is 2.77. The Morgan fingerprint density at radius 3 is 2.00 bits per heavy atom. The Labute approximate surface area is 105 Å². The quantitative estimate of drug-likeness (QED) is 0.389. The van der Waals surface area contributed by atoms with Crippen LogP contribution >= 0.6 is 0 Å². The van der Waals surface area contributed by atoms with E-state index in [0.29, 0.717) is 0 Å². The van der Waals surface area contributed by atoms with Gasteiger partial charge in [0, 0.05) is 12.2 Å². The average Bonchev–Trinajstić information content (AvgIpc) is 2.41. The molecule has 0 aromatic rings. The smallest absolute Gasteiger partial charge is 0.330 e. The summed E-state index contributed by atoms with van der Waals surface area (Å²) in [6.07, 6.45) is 1.05. The summed E-state index contributed by atoms with van der Waals surface area (Å²) in [5.41, 5.74) is 0. The van der Waals surface area contributed by atoms with Crippen LogP contribution in [0.5, 0.6) is 0 Å². The predicted molar refractivity (Wildman–Crippen MR) is 62.5 cm³/mol. The van der Waals surface area contributed by atoms with Crippen LogP contribution in [0.4, 0.5) is 0 Å². The van der Waals surface area contributed by atoms with Crippen LogP contribution in [0.25, 0.3) is 0 Å². The third-order valence-electron chi connectivity index (χ3n) is 1.30. The third kappa shape index (κ3) is 14.3. The van der Waals surface area contributed by atoms with Gasteiger partial charge in [0.25, 0.3) is 0 Å². The van der Waals surface area contributed by atoms with Crippen molar-refractivity contribution in [1.29, 1.82) is 0 Å². The SMILES string of the molecule is C=CC(=O)OCC(O)CO.C=CC(=O)OCCO. The van der Waals surface area contributed by atoms with Gasteiger partial charge in [-0.15, -0.1) is 0 Å². The van der Waals surface area contributed by atoms with Crippen LogP contribution in [0.2, 0.25) is 0 Å². The molecule has 7 heteroatoms. The molecule has 0 aliphatic carbocycles. The first-order valence-corrected chi connectivity index (χ1v) is 4.99. The summed E-state index contributed by atoms with van der Waals surface area (Å²) < 4.78 is 8.71. The number of carbonyl (C=O) groups is 2. The van der Waals surface area contributed by atoms with E-state index in [1.165, 1.54) is 0 Å². The molecule has 1 atom stereocenters. The van der Waals surface area contributed by atoms with E-state index in [-0.39, 0.29) is 19.8 Å². The lowest BCUT2D eigenvalue weighted by molar-refractivity contribution is -0.141. The Morgan fingerprint density at radius 2 is 1.61 bits per heavy atom. The molecular weight excluding hydrogens is 244 g/mol. The summed E-state index contributed by atoms with van der Waals surface area (Å²) >= 11 is 0. The molecule has 0 aromatic heterocycles. The number of aliphatic hydroxyl groups excluding tert-OH is 3. The van der Waals surface area contributed by atoms with Crippen LogP contribution in [0.1, 0.15) is 0 Å². The van der Waals surface area contributed by atoms with E-state index in [0.717, 1.165) is 12.2 Å². The molecule has 1 unspecified atom stereocenters. The van der Waals surface area contributed by atoms with Gasteiger partial charge in [0.15, 0.2) is 0 Å². The fourth-order valence-electron chi connectivity index (χ4n) is 0.495. The van der Waals surface area contributed by atoms with Crippen molar-refractivity contribution in [2.24, 2.45) is 0 Å². The predicted octanol–water partition coefficient (Wildman–Crippen LogP) is -1.22. The molecule has 0 saturated carbocycles. The van der Waals surface area contributed by atoms with Crippen molar-refractivity contribution in [1.82, 2.24) is 0 Å². The Hall–Kier alpha value is -1.70. The van der Waals surface area contributed by atoms with E-state index < -0.39 is 24.6 Å². The minimum absolute atomic E-state index is 0.0465. The molecule has 0 spiro atoms. The molecule has 0 saturated heterocycles. The zero-order valence-corrected chi connectivity index (χ0v) is 9.95. The van der Waals surface area contributed by atoms with Crippen LogP contribution in [-0.4, -0.2) is 59.8 Å². The first-order chi connectivity index (χ1) is 8.51. The Kier molecular flexibility index (Phi) is 13.9. The van der Waals surface area contributed by atoms with Gasteiger partial charge in [-0.25, -0.2) is 9.59 Å². The largest absolute Gasteiger partial charge is 0.460 e. The normalized spacial score (nSPS) is 10.4. The second-order valence-corrected chi connectivity index (χ2v) is 2.77. The van der Waals surface area contributed by atoms with Gasteiger partial charge in [-0.2, -0.15) is 0 Å². The molecule has 3 N–H and O–H groups in total. The van der Waals surface area contributed by atoms with E-state index in [9.17, 15) is 9.59 Å². The van der Waals surface area contributed by atoms with E-state index in [1.54, 1.807) is 0 Å². The number of ether oxygens (including phenoxy) is 2.